The molecule has 0 spiro atoms. The first-order valence-corrected chi connectivity index (χ1v) is 4.82. The molecule has 14 heavy (non-hydrogen) atoms. The zero-order valence-corrected chi connectivity index (χ0v) is 8.91. The lowest BCUT2D eigenvalue weighted by Gasteiger charge is -2.10. The van der Waals surface area contributed by atoms with Crippen molar-refractivity contribution in [3.8, 4) is 0 Å². The summed E-state index contributed by atoms with van der Waals surface area (Å²) in [6.45, 7) is 3.89. The van der Waals surface area contributed by atoms with E-state index >= 15 is 0 Å². The van der Waals surface area contributed by atoms with Crippen LogP contribution in [0.1, 0.15) is 23.6 Å². The molecule has 0 aliphatic carbocycles. The Hall–Kier alpha value is -1.09. The zero-order chi connectivity index (χ0) is 10.6. The Kier molecular flexibility index (Phi) is 3.89. The third kappa shape index (κ3) is 2.45. The second kappa shape index (κ2) is 4.96. The van der Waals surface area contributed by atoms with Gasteiger partial charge in [0.1, 0.15) is 0 Å². The van der Waals surface area contributed by atoms with Gasteiger partial charge in [0, 0.05) is 17.5 Å². The van der Waals surface area contributed by atoms with Gasteiger partial charge in [-0.2, -0.15) is 0 Å². The van der Waals surface area contributed by atoms with Crippen LogP contribution in [0.5, 0.6) is 0 Å². The molecule has 0 N–H and O–H groups in total. The molecule has 3 nitrogen and oxygen atoms in total. The molecule has 1 aromatic rings. The van der Waals surface area contributed by atoms with Gasteiger partial charge in [0.2, 0.25) is 0 Å². The van der Waals surface area contributed by atoms with Crippen molar-refractivity contribution in [2.24, 2.45) is 0 Å². The number of nitrogens with zero attached hydrogens (tertiary/aromatic N) is 1. The summed E-state index contributed by atoms with van der Waals surface area (Å²) in [6, 6.07) is 3.52. The van der Waals surface area contributed by atoms with Crippen LogP contribution >= 0.6 is 11.6 Å². The maximum absolute atomic E-state index is 11.3. The van der Waals surface area contributed by atoms with Crippen molar-refractivity contribution in [1.82, 2.24) is 4.98 Å². The van der Waals surface area contributed by atoms with Crippen LogP contribution < -0.4 is 0 Å². The largest absolute Gasteiger partial charge is 0.465 e. The van der Waals surface area contributed by atoms with E-state index < -0.39 is 11.3 Å². The number of alkyl halides is 1. The smallest absolute Gasteiger partial charge is 0.328 e. The molecule has 0 aliphatic heterocycles. The second-order valence-electron chi connectivity index (χ2n) is 2.79. The number of halogens is 1. The number of esters is 1. The molecule has 1 atom stereocenters. The van der Waals surface area contributed by atoms with E-state index in [4.69, 9.17) is 16.3 Å². The van der Waals surface area contributed by atoms with Crippen LogP contribution in [0.2, 0.25) is 0 Å². The van der Waals surface area contributed by atoms with Crippen LogP contribution in [0.4, 0.5) is 0 Å². The second-order valence-corrected chi connectivity index (χ2v) is 3.23. The number of carbonyl (C=O) groups is 1. The van der Waals surface area contributed by atoms with Gasteiger partial charge < -0.3 is 4.74 Å². The maximum atomic E-state index is 11.3. The predicted octanol–water partition coefficient (Wildman–Crippen LogP) is 2.23. The Morgan fingerprint density at radius 3 is 3.00 bits per heavy atom. The van der Waals surface area contributed by atoms with E-state index in [9.17, 15) is 4.79 Å². The summed E-state index contributed by atoms with van der Waals surface area (Å²) in [7, 11) is 0. The SMILES string of the molecule is CCOC(=O)C(Cl)c1cccnc1C. The van der Waals surface area contributed by atoms with E-state index in [0.29, 0.717) is 12.2 Å². The molecular formula is C10H12ClNO2. The van der Waals surface area contributed by atoms with Gasteiger partial charge in [-0.15, -0.1) is 11.6 Å². The molecule has 4 heteroatoms. The van der Waals surface area contributed by atoms with Crippen molar-refractivity contribution in [2.75, 3.05) is 6.61 Å². The molecule has 1 aromatic heterocycles. The predicted molar refractivity (Wildman–Crippen MR) is 54.2 cm³/mol. The lowest BCUT2D eigenvalue weighted by molar-refractivity contribution is -0.142. The number of hydrogen-bond acceptors (Lipinski definition) is 3. The van der Waals surface area contributed by atoms with Gasteiger partial charge >= 0.3 is 5.97 Å². The maximum Gasteiger partial charge on any atom is 0.328 e. The fourth-order valence-electron chi connectivity index (χ4n) is 1.11. The average molecular weight is 214 g/mol. The van der Waals surface area contributed by atoms with Crippen molar-refractivity contribution in [1.29, 1.82) is 0 Å². The Bertz CT molecular complexity index is 328. The quantitative estimate of drug-likeness (QED) is 0.571. The number of aromatic nitrogens is 1. The topological polar surface area (TPSA) is 39.2 Å². The lowest BCUT2D eigenvalue weighted by Crippen LogP contribution is -2.12. The summed E-state index contributed by atoms with van der Waals surface area (Å²) in [5.41, 5.74) is 1.45. The van der Waals surface area contributed by atoms with Crippen LogP contribution in [0.15, 0.2) is 18.3 Å². The van der Waals surface area contributed by atoms with Crippen molar-refractivity contribution in [3.05, 3.63) is 29.6 Å². The summed E-state index contributed by atoms with van der Waals surface area (Å²) in [5, 5.41) is -0.761. The highest BCUT2D eigenvalue weighted by Crippen LogP contribution is 2.23. The van der Waals surface area contributed by atoms with Crippen LogP contribution in [-0.2, 0) is 9.53 Å². The van der Waals surface area contributed by atoms with Gasteiger partial charge in [-0.1, -0.05) is 6.07 Å². The van der Waals surface area contributed by atoms with Gasteiger partial charge in [0.15, 0.2) is 5.38 Å². The summed E-state index contributed by atoms with van der Waals surface area (Å²) in [6.07, 6.45) is 1.66. The minimum atomic E-state index is -0.761. The highest BCUT2D eigenvalue weighted by atomic mass is 35.5. The average Bonchev–Trinajstić information content (AvgIpc) is 2.18. The fourth-order valence-corrected chi connectivity index (χ4v) is 1.40. The molecule has 0 amide bonds. The summed E-state index contributed by atoms with van der Waals surface area (Å²) in [4.78, 5) is 15.4. The van der Waals surface area contributed by atoms with E-state index in [0.717, 1.165) is 5.69 Å². The first-order valence-electron chi connectivity index (χ1n) is 4.39. The van der Waals surface area contributed by atoms with Crippen molar-refractivity contribution in [2.45, 2.75) is 19.2 Å². The highest BCUT2D eigenvalue weighted by Gasteiger charge is 2.20. The summed E-state index contributed by atoms with van der Waals surface area (Å²) >= 11 is 5.93. The molecule has 0 saturated carbocycles. The molecule has 0 fully saturated rings. The van der Waals surface area contributed by atoms with E-state index in [1.807, 2.05) is 6.92 Å². The van der Waals surface area contributed by atoms with Crippen LogP contribution in [0.25, 0.3) is 0 Å². The van der Waals surface area contributed by atoms with Crippen LogP contribution in [-0.4, -0.2) is 17.6 Å². The van der Waals surface area contributed by atoms with Gasteiger partial charge in [0.05, 0.1) is 6.61 Å². The van der Waals surface area contributed by atoms with Gasteiger partial charge in [-0.3, -0.25) is 9.78 Å². The van der Waals surface area contributed by atoms with Gasteiger partial charge in [-0.25, -0.2) is 0 Å². The minimum absolute atomic E-state index is 0.335. The summed E-state index contributed by atoms with van der Waals surface area (Å²) < 4.78 is 4.81. The van der Waals surface area contributed by atoms with Gasteiger partial charge in [-0.05, 0) is 19.9 Å². The molecule has 1 rings (SSSR count). The Balaban J connectivity index is 2.84. The normalized spacial score (nSPS) is 12.2. The van der Waals surface area contributed by atoms with Crippen molar-refractivity contribution >= 4 is 17.6 Å². The Labute approximate surface area is 88.1 Å². The minimum Gasteiger partial charge on any atom is -0.465 e. The first kappa shape index (κ1) is 11.0. The highest BCUT2D eigenvalue weighted by molar-refractivity contribution is 6.30. The molecule has 1 heterocycles. The monoisotopic (exact) mass is 213 g/mol. The molecule has 0 radical (unpaired) electrons. The molecule has 1 unspecified atom stereocenters. The molecule has 76 valence electrons. The standard InChI is InChI=1S/C10H12ClNO2/c1-3-14-10(13)9(11)8-5-4-6-12-7(8)2/h4-6,9H,3H2,1-2H3. The van der Waals surface area contributed by atoms with Crippen molar-refractivity contribution < 1.29 is 9.53 Å². The van der Waals surface area contributed by atoms with Crippen LogP contribution in [0, 0.1) is 6.92 Å². The Morgan fingerprint density at radius 2 is 2.43 bits per heavy atom. The number of aryl methyl sites for hydroxylation is 1. The van der Waals surface area contributed by atoms with E-state index in [-0.39, 0.29) is 0 Å². The molecule has 0 bridgehead atoms. The first-order chi connectivity index (χ1) is 6.66. The van der Waals surface area contributed by atoms with E-state index in [1.54, 1.807) is 25.3 Å². The third-order valence-electron chi connectivity index (χ3n) is 1.81. The fraction of sp³-hybridized carbons (Fsp3) is 0.400. The van der Waals surface area contributed by atoms with Crippen molar-refractivity contribution in [3.63, 3.8) is 0 Å². The molecular weight excluding hydrogens is 202 g/mol. The molecule has 0 aromatic carbocycles. The van der Waals surface area contributed by atoms with E-state index in [1.165, 1.54) is 0 Å². The lowest BCUT2D eigenvalue weighted by atomic mass is 10.1. The summed E-state index contributed by atoms with van der Waals surface area (Å²) in [5.74, 6) is -0.426. The molecule has 0 saturated heterocycles. The number of rotatable bonds is 3. The molecule has 0 aliphatic rings. The van der Waals surface area contributed by atoms with Gasteiger partial charge in [0.25, 0.3) is 0 Å². The number of ether oxygens (including phenoxy) is 1. The number of pyridine rings is 1. The van der Waals surface area contributed by atoms with E-state index in [2.05, 4.69) is 4.98 Å². The Morgan fingerprint density at radius 1 is 1.71 bits per heavy atom. The zero-order valence-electron chi connectivity index (χ0n) is 8.16. The number of carbonyl (C=O) groups excluding carboxylic acids is 1. The number of hydrogen-bond donors (Lipinski definition) is 0. The third-order valence-corrected chi connectivity index (χ3v) is 2.23. The van der Waals surface area contributed by atoms with Crippen LogP contribution in [0.3, 0.4) is 0 Å².